The number of ether oxygens (including phenoxy) is 2. The Morgan fingerprint density at radius 3 is 2.40 bits per heavy atom. The van der Waals surface area contributed by atoms with Gasteiger partial charge in [-0.25, -0.2) is 0 Å². The maximum absolute atomic E-state index is 5.75. The molecule has 1 aromatic rings. The van der Waals surface area contributed by atoms with Crippen LogP contribution in [0.3, 0.4) is 0 Å². The molecule has 0 saturated carbocycles. The summed E-state index contributed by atoms with van der Waals surface area (Å²) in [6.07, 6.45) is 3.13. The molecule has 0 aliphatic heterocycles. The third-order valence-electron chi connectivity index (χ3n) is 3.81. The molecule has 3 heteroatoms. The summed E-state index contributed by atoms with van der Waals surface area (Å²) in [5.74, 6) is 0.933. The molecule has 0 radical (unpaired) electrons. The Kier molecular flexibility index (Phi) is 7.03. The average Bonchev–Trinajstić information content (AvgIpc) is 2.46. The molecular weight excluding hydrogens is 250 g/mol. The Morgan fingerprint density at radius 2 is 1.85 bits per heavy atom. The van der Waals surface area contributed by atoms with Gasteiger partial charge in [-0.15, -0.1) is 0 Å². The van der Waals surface area contributed by atoms with Gasteiger partial charge in [0.1, 0.15) is 5.75 Å². The highest BCUT2D eigenvalue weighted by molar-refractivity contribution is 5.27. The summed E-state index contributed by atoms with van der Waals surface area (Å²) in [5, 5.41) is 3.26. The Hall–Kier alpha value is -1.06. The quantitative estimate of drug-likeness (QED) is 0.751. The van der Waals surface area contributed by atoms with E-state index < -0.39 is 0 Å². The standard InChI is InChI=1S/C17H29NO2/c1-14(18-4)6-7-15-8-10-16(11-9-15)20-13-12-17(2,3)19-5/h8-11,14,18H,6-7,12-13H2,1-5H3. The van der Waals surface area contributed by atoms with Crippen molar-refractivity contribution in [1.82, 2.24) is 5.32 Å². The van der Waals surface area contributed by atoms with Gasteiger partial charge in [-0.3, -0.25) is 0 Å². The van der Waals surface area contributed by atoms with Crippen LogP contribution < -0.4 is 10.1 Å². The monoisotopic (exact) mass is 279 g/mol. The second-order valence-electron chi connectivity index (χ2n) is 5.93. The van der Waals surface area contributed by atoms with E-state index in [0.29, 0.717) is 12.6 Å². The van der Waals surface area contributed by atoms with Crippen LogP contribution in [-0.2, 0) is 11.2 Å². The van der Waals surface area contributed by atoms with Crippen LogP contribution in [0.2, 0.25) is 0 Å². The van der Waals surface area contributed by atoms with Crippen molar-refractivity contribution in [3.63, 3.8) is 0 Å². The first-order valence-corrected chi connectivity index (χ1v) is 7.41. The minimum Gasteiger partial charge on any atom is -0.493 e. The van der Waals surface area contributed by atoms with Crippen molar-refractivity contribution in [2.75, 3.05) is 20.8 Å². The molecule has 0 bridgehead atoms. The van der Waals surface area contributed by atoms with Crippen molar-refractivity contribution in [2.24, 2.45) is 0 Å². The van der Waals surface area contributed by atoms with E-state index in [1.54, 1.807) is 7.11 Å². The van der Waals surface area contributed by atoms with Gasteiger partial charge in [0.15, 0.2) is 0 Å². The van der Waals surface area contributed by atoms with Gasteiger partial charge in [0, 0.05) is 19.6 Å². The Balaban J connectivity index is 2.35. The molecule has 0 fully saturated rings. The van der Waals surface area contributed by atoms with Crippen LogP contribution in [0.1, 0.15) is 39.2 Å². The first-order chi connectivity index (χ1) is 9.46. The van der Waals surface area contributed by atoms with E-state index in [0.717, 1.165) is 25.0 Å². The maximum atomic E-state index is 5.75. The van der Waals surface area contributed by atoms with Crippen LogP contribution >= 0.6 is 0 Å². The second-order valence-corrected chi connectivity index (χ2v) is 5.93. The molecule has 0 saturated heterocycles. The van der Waals surface area contributed by atoms with E-state index in [9.17, 15) is 0 Å². The van der Waals surface area contributed by atoms with Gasteiger partial charge in [0.2, 0.25) is 0 Å². The number of aryl methyl sites for hydroxylation is 1. The minimum absolute atomic E-state index is 0.122. The van der Waals surface area contributed by atoms with Gasteiger partial charge in [0.25, 0.3) is 0 Å². The number of nitrogens with one attached hydrogen (secondary N) is 1. The van der Waals surface area contributed by atoms with E-state index in [4.69, 9.17) is 9.47 Å². The van der Waals surface area contributed by atoms with Crippen LogP contribution in [0.5, 0.6) is 5.75 Å². The fourth-order valence-electron chi connectivity index (χ4n) is 1.80. The number of rotatable bonds is 9. The molecule has 1 rings (SSSR count). The van der Waals surface area contributed by atoms with Gasteiger partial charge in [-0.05, 0) is 58.4 Å². The Morgan fingerprint density at radius 1 is 1.20 bits per heavy atom. The van der Waals surface area contributed by atoms with Crippen molar-refractivity contribution >= 4 is 0 Å². The average molecular weight is 279 g/mol. The fourth-order valence-corrected chi connectivity index (χ4v) is 1.80. The molecule has 0 spiro atoms. The molecule has 0 amide bonds. The first-order valence-electron chi connectivity index (χ1n) is 7.41. The molecule has 0 aliphatic rings. The topological polar surface area (TPSA) is 30.5 Å². The lowest BCUT2D eigenvalue weighted by Crippen LogP contribution is -2.25. The van der Waals surface area contributed by atoms with Crippen molar-refractivity contribution in [3.05, 3.63) is 29.8 Å². The van der Waals surface area contributed by atoms with Crippen LogP contribution in [-0.4, -0.2) is 32.4 Å². The van der Waals surface area contributed by atoms with Crippen molar-refractivity contribution in [3.8, 4) is 5.75 Å². The summed E-state index contributed by atoms with van der Waals surface area (Å²) >= 11 is 0. The van der Waals surface area contributed by atoms with Crippen LogP contribution in [0, 0.1) is 0 Å². The third-order valence-corrected chi connectivity index (χ3v) is 3.81. The zero-order chi connectivity index (χ0) is 15.0. The molecule has 1 aromatic carbocycles. The molecule has 1 unspecified atom stereocenters. The van der Waals surface area contributed by atoms with E-state index >= 15 is 0 Å². The second kappa shape index (κ2) is 8.28. The van der Waals surface area contributed by atoms with Crippen molar-refractivity contribution < 1.29 is 9.47 Å². The molecule has 3 nitrogen and oxygen atoms in total. The van der Waals surface area contributed by atoms with Gasteiger partial charge >= 0.3 is 0 Å². The van der Waals surface area contributed by atoms with Crippen molar-refractivity contribution in [1.29, 1.82) is 0 Å². The van der Waals surface area contributed by atoms with E-state index in [-0.39, 0.29) is 5.60 Å². The zero-order valence-corrected chi connectivity index (χ0v) is 13.5. The first kappa shape index (κ1) is 17.0. The molecule has 1 atom stereocenters. The van der Waals surface area contributed by atoms with Gasteiger partial charge in [0.05, 0.1) is 12.2 Å². The molecule has 0 aromatic heterocycles. The number of hydrogen-bond acceptors (Lipinski definition) is 3. The number of methoxy groups -OCH3 is 1. The highest BCUT2D eigenvalue weighted by atomic mass is 16.5. The van der Waals surface area contributed by atoms with Gasteiger partial charge in [-0.2, -0.15) is 0 Å². The predicted octanol–water partition coefficient (Wildman–Crippen LogP) is 3.42. The maximum Gasteiger partial charge on any atom is 0.119 e. The fraction of sp³-hybridized carbons (Fsp3) is 0.647. The highest BCUT2D eigenvalue weighted by Gasteiger charge is 2.15. The molecule has 114 valence electrons. The smallest absolute Gasteiger partial charge is 0.119 e. The number of hydrogen-bond donors (Lipinski definition) is 1. The summed E-state index contributed by atoms with van der Waals surface area (Å²) in [6, 6.07) is 8.97. The number of benzene rings is 1. The van der Waals surface area contributed by atoms with Crippen LogP contribution in [0.4, 0.5) is 0 Å². The predicted molar refractivity (Wildman–Crippen MR) is 84.5 cm³/mol. The van der Waals surface area contributed by atoms with E-state index in [1.807, 2.05) is 7.05 Å². The zero-order valence-electron chi connectivity index (χ0n) is 13.5. The summed E-state index contributed by atoms with van der Waals surface area (Å²) < 4.78 is 11.1. The van der Waals surface area contributed by atoms with E-state index in [1.165, 1.54) is 5.56 Å². The summed E-state index contributed by atoms with van der Waals surface area (Å²) in [4.78, 5) is 0. The van der Waals surface area contributed by atoms with Gasteiger partial charge < -0.3 is 14.8 Å². The summed E-state index contributed by atoms with van der Waals surface area (Å²) in [6.45, 7) is 7.02. The van der Waals surface area contributed by atoms with Crippen molar-refractivity contribution in [2.45, 2.75) is 51.7 Å². The molecule has 0 heterocycles. The van der Waals surface area contributed by atoms with E-state index in [2.05, 4.69) is 50.4 Å². The van der Waals surface area contributed by atoms with Crippen LogP contribution in [0.25, 0.3) is 0 Å². The summed E-state index contributed by atoms with van der Waals surface area (Å²) in [5.41, 5.74) is 1.24. The lowest BCUT2D eigenvalue weighted by molar-refractivity contribution is 0.00545. The lowest BCUT2D eigenvalue weighted by atomic mass is 10.1. The SMILES string of the molecule is CNC(C)CCc1ccc(OCCC(C)(C)OC)cc1. The summed E-state index contributed by atoms with van der Waals surface area (Å²) in [7, 11) is 3.74. The Labute approximate surface area is 123 Å². The lowest BCUT2D eigenvalue weighted by Gasteiger charge is -2.22. The van der Waals surface area contributed by atoms with Gasteiger partial charge in [-0.1, -0.05) is 12.1 Å². The molecule has 20 heavy (non-hydrogen) atoms. The molecular formula is C17H29NO2. The Bertz CT molecular complexity index is 373. The highest BCUT2D eigenvalue weighted by Crippen LogP contribution is 2.17. The van der Waals surface area contributed by atoms with Crippen LogP contribution in [0.15, 0.2) is 24.3 Å². The largest absolute Gasteiger partial charge is 0.493 e. The molecule has 0 aliphatic carbocycles. The third kappa shape index (κ3) is 6.40. The normalized spacial score (nSPS) is 13.2. The molecule has 1 N–H and O–H groups in total. The minimum atomic E-state index is -0.122.